The van der Waals surface area contributed by atoms with Crippen LogP contribution in [0.2, 0.25) is 0 Å². The highest BCUT2D eigenvalue weighted by Gasteiger charge is 2.03. The van der Waals surface area contributed by atoms with Crippen LogP contribution in [0.25, 0.3) is 11.0 Å². The Morgan fingerprint density at radius 2 is 2.33 bits per heavy atom. The molecule has 0 atom stereocenters. The van der Waals surface area contributed by atoms with Gasteiger partial charge in [-0.3, -0.25) is 0 Å². The highest BCUT2D eigenvalue weighted by molar-refractivity contribution is 7.98. The molecule has 6 heteroatoms. The lowest BCUT2D eigenvalue weighted by atomic mass is 10.5. The molecule has 0 fully saturated rings. The number of hydrogen-bond acceptors (Lipinski definition) is 4. The Balaban J connectivity index is 2.71. The van der Waals surface area contributed by atoms with Crippen molar-refractivity contribution in [2.45, 2.75) is 5.16 Å². The zero-order valence-electron chi connectivity index (χ0n) is 6.23. The zero-order valence-corrected chi connectivity index (χ0v) is 7.80. The van der Waals surface area contributed by atoms with E-state index in [0.717, 1.165) is 5.39 Å². The Kier molecular flexibility index (Phi) is 1.90. The van der Waals surface area contributed by atoms with Crippen LogP contribution in [0.1, 0.15) is 0 Å². The molecular weight excluding hydrogens is 196 g/mol. The minimum atomic E-state index is 0.649. The van der Waals surface area contributed by atoms with E-state index in [1.54, 1.807) is 12.4 Å². The van der Waals surface area contributed by atoms with E-state index in [1.807, 2.05) is 6.26 Å². The SMILES string of the molecule is CSc1ncc2cnn(Cl)c2n1. The fourth-order valence-electron chi connectivity index (χ4n) is 0.871. The van der Waals surface area contributed by atoms with Gasteiger partial charge in [0.25, 0.3) is 0 Å². The third kappa shape index (κ3) is 1.15. The summed E-state index contributed by atoms with van der Waals surface area (Å²) in [5.41, 5.74) is 0.649. The lowest BCUT2D eigenvalue weighted by Gasteiger charge is -1.93. The van der Waals surface area contributed by atoms with Crippen molar-refractivity contribution in [1.82, 2.24) is 19.3 Å². The normalized spacial score (nSPS) is 10.8. The first-order valence-corrected chi connectivity index (χ1v) is 4.78. The average Bonchev–Trinajstić information content (AvgIpc) is 2.47. The predicted octanol–water partition coefficient (Wildman–Crippen LogP) is 1.55. The van der Waals surface area contributed by atoms with Crippen LogP contribution >= 0.6 is 23.5 Å². The van der Waals surface area contributed by atoms with Gasteiger partial charge in [-0.1, -0.05) is 11.8 Å². The smallest absolute Gasteiger partial charge is 0.189 e. The lowest BCUT2D eigenvalue weighted by molar-refractivity contribution is 0.952. The Labute approximate surface area is 78.1 Å². The third-order valence-corrected chi connectivity index (χ3v) is 2.24. The van der Waals surface area contributed by atoms with Crippen molar-refractivity contribution >= 4 is 34.6 Å². The molecule has 0 bridgehead atoms. The fraction of sp³-hybridized carbons (Fsp3) is 0.167. The van der Waals surface area contributed by atoms with E-state index in [0.29, 0.717) is 10.8 Å². The zero-order chi connectivity index (χ0) is 8.55. The van der Waals surface area contributed by atoms with Crippen molar-refractivity contribution in [1.29, 1.82) is 0 Å². The molecular formula is C6H5ClN4S. The first-order valence-electron chi connectivity index (χ1n) is 3.22. The number of aromatic nitrogens is 4. The predicted molar refractivity (Wildman–Crippen MR) is 48.4 cm³/mol. The summed E-state index contributed by atoms with van der Waals surface area (Å²) in [4.78, 5) is 8.25. The van der Waals surface area contributed by atoms with Crippen molar-refractivity contribution < 1.29 is 0 Å². The van der Waals surface area contributed by atoms with E-state index in [1.165, 1.54) is 16.0 Å². The minimum absolute atomic E-state index is 0.649. The second-order valence-corrected chi connectivity index (χ2v) is 3.23. The molecule has 0 saturated heterocycles. The van der Waals surface area contributed by atoms with Gasteiger partial charge in [-0.15, -0.1) is 0 Å². The summed E-state index contributed by atoms with van der Waals surface area (Å²) in [6.07, 6.45) is 5.25. The van der Waals surface area contributed by atoms with Crippen LogP contribution in [-0.2, 0) is 0 Å². The second-order valence-electron chi connectivity index (χ2n) is 2.14. The summed E-state index contributed by atoms with van der Waals surface area (Å²) in [6.45, 7) is 0. The van der Waals surface area contributed by atoms with Crippen molar-refractivity contribution in [2.75, 3.05) is 6.26 Å². The molecule has 0 amide bonds. The van der Waals surface area contributed by atoms with E-state index in [-0.39, 0.29) is 0 Å². The summed E-state index contributed by atoms with van der Waals surface area (Å²) in [7, 11) is 0. The maximum absolute atomic E-state index is 5.71. The number of fused-ring (bicyclic) bond motifs is 1. The van der Waals surface area contributed by atoms with Crippen LogP contribution in [0.15, 0.2) is 17.6 Å². The number of halogens is 1. The Morgan fingerprint density at radius 1 is 1.50 bits per heavy atom. The van der Waals surface area contributed by atoms with Crippen molar-refractivity contribution in [3.63, 3.8) is 0 Å². The summed E-state index contributed by atoms with van der Waals surface area (Å²) in [6, 6.07) is 0. The standard InChI is InChI=1S/C6H5ClN4S/c1-12-6-8-2-4-3-9-11(7)5(4)10-6/h2-3H,1H3. The number of thioether (sulfide) groups is 1. The van der Waals surface area contributed by atoms with Gasteiger partial charge in [-0.05, 0) is 6.26 Å². The lowest BCUT2D eigenvalue weighted by Crippen LogP contribution is -1.89. The molecule has 2 heterocycles. The van der Waals surface area contributed by atoms with Crippen LogP contribution in [0.3, 0.4) is 0 Å². The Bertz CT molecular complexity index is 413. The molecule has 0 radical (unpaired) electrons. The van der Waals surface area contributed by atoms with Gasteiger partial charge in [0, 0.05) is 18.0 Å². The first kappa shape index (κ1) is 7.82. The number of rotatable bonds is 1. The molecule has 0 aliphatic carbocycles. The molecule has 0 unspecified atom stereocenters. The summed E-state index contributed by atoms with van der Waals surface area (Å²) in [5.74, 6) is 0. The van der Waals surface area contributed by atoms with Gasteiger partial charge in [0.15, 0.2) is 10.8 Å². The van der Waals surface area contributed by atoms with Crippen LogP contribution in [0.4, 0.5) is 0 Å². The molecule has 0 aliphatic heterocycles. The topological polar surface area (TPSA) is 43.6 Å². The largest absolute Gasteiger partial charge is 0.230 e. The fourth-order valence-corrected chi connectivity index (χ4v) is 1.39. The van der Waals surface area contributed by atoms with Gasteiger partial charge in [-0.25, -0.2) is 9.97 Å². The van der Waals surface area contributed by atoms with Crippen molar-refractivity contribution in [2.24, 2.45) is 0 Å². The average molecular weight is 201 g/mol. The first-order chi connectivity index (χ1) is 5.81. The molecule has 2 rings (SSSR count). The second kappa shape index (κ2) is 2.91. The van der Waals surface area contributed by atoms with Crippen LogP contribution < -0.4 is 0 Å². The van der Waals surface area contributed by atoms with E-state index < -0.39 is 0 Å². The number of hydrogen-bond donors (Lipinski definition) is 0. The molecule has 2 aromatic heterocycles. The molecule has 12 heavy (non-hydrogen) atoms. The molecule has 0 N–H and O–H groups in total. The van der Waals surface area contributed by atoms with Crippen molar-refractivity contribution in [3.05, 3.63) is 12.4 Å². The third-order valence-electron chi connectivity index (χ3n) is 1.43. The molecule has 0 aliphatic rings. The molecule has 4 nitrogen and oxygen atoms in total. The van der Waals surface area contributed by atoms with Crippen molar-refractivity contribution in [3.8, 4) is 0 Å². The number of nitrogens with zero attached hydrogens (tertiary/aromatic N) is 4. The van der Waals surface area contributed by atoms with E-state index in [4.69, 9.17) is 11.8 Å². The van der Waals surface area contributed by atoms with Crippen LogP contribution in [-0.4, -0.2) is 25.5 Å². The van der Waals surface area contributed by atoms with Gasteiger partial charge in [0.2, 0.25) is 0 Å². The quantitative estimate of drug-likeness (QED) is 0.518. The van der Waals surface area contributed by atoms with E-state index >= 15 is 0 Å². The van der Waals surface area contributed by atoms with E-state index in [9.17, 15) is 0 Å². The highest BCUT2D eigenvalue weighted by atomic mass is 35.5. The molecule has 0 spiro atoms. The maximum Gasteiger partial charge on any atom is 0.189 e. The molecule has 62 valence electrons. The minimum Gasteiger partial charge on any atom is -0.230 e. The van der Waals surface area contributed by atoms with Gasteiger partial charge in [0.1, 0.15) is 0 Å². The molecule has 0 saturated carbocycles. The van der Waals surface area contributed by atoms with Gasteiger partial charge in [0.05, 0.1) is 11.6 Å². The Morgan fingerprint density at radius 3 is 3.08 bits per heavy atom. The molecule has 2 aromatic rings. The molecule has 0 aromatic carbocycles. The summed E-state index contributed by atoms with van der Waals surface area (Å²) >= 11 is 7.18. The Hall–Kier alpha value is -0.810. The summed E-state index contributed by atoms with van der Waals surface area (Å²) in [5, 5.41) is 5.39. The van der Waals surface area contributed by atoms with Crippen LogP contribution in [0, 0.1) is 0 Å². The van der Waals surface area contributed by atoms with Gasteiger partial charge in [-0.2, -0.15) is 9.30 Å². The summed E-state index contributed by atoms with van der Waals surface area (Å²) < 4.78 is 1.22. The maximum atomic E-state index is 5.71. The van der Waals surface area contributed by atoms with Gasteiger partial charge >= 0.3 is 0 Å². The van der Waals surface area contributed by atoms with Crippen LogP contribution in [0.5, 0.6) is 0 Å². The van der Waals surface area contributed by atoms with Gasteiger partial charge < -0.3 is 0 Å². The monoisotopic (exact) mass is 200 g/mol. The van der Waals surface area contributed by atoms with E-state index in [2.05, 4.69) is 15.1 Å². The highest BCUT2D eigenvalue weighted by Crippen LogP contribution is 2.14.